The lowest BCUT2D eigenvalue weighted by molar-refractivity contribution is 0.0994. The second kappa shape index (κ2) is 4.60. The van der Waals surface area contributed by atoms with Crippen molar-refractivity contribution in [2.24, 2.45) is 0 Å². The van der Waals surface area contributed by atoms with Crippen LogP contribution >= 0.6 is 0 Å². The zero-order chi connectivity index (χ0) is 10.5. The van der Waals surface area contributed by atoms with Gasteiger partial charge in [0.2, 0.25) is 0 Å². The van der Waals surface area contributed by atoms with Crippen LogP contribution in [0, 0.1) is 0 Å². The Morgan fingerprint density at radius 3 is 2.27 bits per heavy atom. The van der Waals surface area contributed by atoms with E-state index in [0.29, 0.717) is 12.2 Å². The summed E-state index contributed by atoms with van der Waals surface area (Å²) in [4.78, 5) is 13.9. The van der Waals surface area contributed by atoms with Gasteiger partial charge in [0.15, 0.2) is 5.78 Å². The fourth-order valence-electron chi connectivity index (χ4n) is 1.67. The summed E-state index contributed by atoms with van der Waals surface area (Å²) < 4.78 is 0. The van der Waals surface area contributed by atoms with Gasteiger partial charge in [-0.3, -0.25) is 4.79 Å². The SMILES string of the molecule is O=C1CCc2ccccc21.c1cc[nH]c1. The van der Waals surface area contributed by atoms with Crippen LogP contribution in [0.2, 0.25) is 0 Å². The van der Waals surface area contributed by atoms with Crippen molar-refractivity contribution in [3.63, 3.8) is 0 Å². The predicted molar refractivity (Wildman–Crippen MR) is 59.9 cm³/mol. The molecule has 1 N–H and O–H groups in total. The van der Waals surface area contributed by atoms with E-state index in [4.69, 9.17) is 0 Å². The fraction of sp³-hybridized carbons (Fsp3) is 0.154. The van der Waals surface area contributed by atoms with Gasteiger partial charge in [0.25, 0.3) is 0 Å². The van der Waals surface area contributed by atoms with Gasteiger partial charge in [-0.2, -0.15) is 0 Å². The molecule has 1 aliphatic rings. The van der Waals surface area contributed by atoms with Crippen molar-refractivity contribution in [2.75, 3.05) is 0 Å². The first kappa shape index (κ1) is 9.71. The molecular weight excluding hydrogens is 186 g/mol. The van der Waals surface area contributed by atoms with Crippen LogP contribution in [-0.2, 0) is 6.42 Å². The third-order valence-electron chi connectivity index (χ3n) is 2.44. The second-order valence-corrected chi connectivity index (χ2v) is 3.47. The van der Waals surface area contributed by atoms with Crippen LogP contribution in [0.4, 0.5) is 0 Å². The summed E-state index contributed by atoms with van der Waals surface area (Å²) in [5.74, 6) is 0.301. The third-order valence-corrected chi connectivity index (χ3v) is 2.44. The highest BCUT2D eigenvalue weighted by atomic mass is 16.1. The van der Waals surface area contributed by atoms with E-state index in [1.165, 1.54) is 5.56 Å². The van der Waals surface area contributed by atoms with Crippen molar-refractivity contribution in [3.8, 4) is 0 Å². The van der Waals surface area contributed by atoms with Crippen molar-refractivity contribution < 1.29 is 4.79 Å². The third kappa shape index (κ3) is 2.34. The summed E-state index contributed by atoms with van der Waals surface area (Å²) in [5.41, 5.74) is 2.15. The molecule has 1 aliphatic carbocycles. The van der Waals surface area contributed by atoms with Crippen LogP contribution in [0.3, 0.4) is 0 Å². The Labute approximate surface area is 89.0 Å². The Balaban J connectivity index is 0.000000144. The van der Waals surface area contributed by atoms with E-state index >= 15 is 0 Å². The molecule has 0 aliphatic heterocycles. The van der Waals surface area contributed by atoms with Gasteiger partial charge in [0, 0.05) is 24.4 Å². The van der Waals surface area contributed by atoms with E-state index in [0.717, 1.165) is 12.0 Å². The highest BCUT2D eigenvalue weighted by molar-refractivity contribution is 6.00. The number of rotatable bonds is 0. The highest BCUT2D eigenvalue weighted by Gasteiger charge is 2.17. The van der Waals surface area contributed by atoms with E-state index < -0.39 is 0 Å². The van der Waals surface area contributed by atoms with Crippen LogP contribution in [0.5, 0.6) is 0 Å². The lowest BCUT2D eigenvalue weighted by atomic mass is 10.1. The molecule has 0 saturated heterocycles. The van der Waals surface area contributed by atoms with E-state index in [2.05, 4.69) is 4.98 Å². The zero-order valence-electron chi connectivity index (χ0n) is 8.44. The molecule has 1 heterocycles. The second-order valence-electron chi connectivity index (χ2n) is 3.47. The number of aromatic nitrogens is 1. The Morgan fingerprint density at radius 2 is 1.67 bits per heavy atom. The number of aromatic amines is 1. The minimum Gasteiger partial charge on any atom is -0.368 e. The number of hydrogen-bond acceptors (Lipinski definition) is 1. The number of benzene rings is 1. The topological polar surface area (TPSA) is 32.9 Å². The largest absolute Gasteiger partial charge is 0.368 e. The monoisotopic (exact) mass is 199 g/mol. The quantitative estimate of drug-likeness (QED) is 0.695. The van der Waals surface area contributed by atoms with Crippen molar-refractivity contribution in [3.05, 3.63) is 59.9 Å². The van der Waals surface area contributed by atoms with Crippen LogP contribution in [0.25, 0.3) is 0 Å². The summed E-state index contributed by atoms with van der Waals surface area (Å²) in [7, 11) is 0. The van der Waals surface area contributed by atoms with E-state index in [1.54, 1.807) is 0 Å². The number of nitrogens with one attached hydrogen (secondary N) is 1. The molecule has 0 unspecified atom stereocenters. The maximum absolute atomic E-state index is 11.1. The number of carbonyl (C=O) groups excluding carboxylic acids is 1. The lowest BCUT2D eigenvalue weighted by Gasteiger charge is -1.92. The molecule has 0 bridgehead atoms. The number of hydrogen-bond donors (Lipinski definition) is 1. The average molecular weight is 199 g/mol. The molecule has 1 aromatic carbocycles. The van der Waals surface area contributed by atoms with Gasteiger partial charge < -0.3 is 4.98 Å². The molecule has 2 nitrogen and oxygen atoms in total. The molecule has 15 heavy (non-hydrogen) atoms. The molecule has 0 fully saturated rings. The summed E-state index contributed by atoms with van der Waals surface area (Å²) >= 11 is 0. The normalized spacial score (nSPS) is 12.9. The molecule has 0 radical (unpaired) electrons. The first-order valence-corrected chi connectivity index (χ1v) is 5.07. The molecule has 2 heteroatoms. The van der Waals surface area contributed by atoms with Crippen molar-refractivity contribution in [1.82, 2.24) is 4.98 Å². The summed E-state index contributed by atoms with van der Waals surface area (Å²) in [5, 5.41) is 0. The van der Waals surface area contributed by atoms with Crippen molar-refractivity contribution in [2.45, 2.75) is 12.8 Å². The number of Topliss-reactive ketones (excluding diaryl/α,β-unsaturated/α-hetero) is 1. The molecule has 1 aromatic heterocycles. The van der Waals surface area contributed by atoms with Gasteiger partial charge in [-0.1, -0.05) is 24.3 Å². The van der Waals surface area contributed by atoms with Crippen LogP contribution in [0.15, 0.2) is 48.8 Å². The van der Waals surface area contributed by atoms with Crippen molar-refractivity contribution >= 4 is 5.78 Å². The molecule has 0 spiro atoms. The number of carbonyl (C=O) groups is 1. The van der Waals surface area contributed by atoms with Crippen molar-refractivity contribution in [1.29, 1.82) is 0 Å². The Bertz CT molecular complexity index is 414. The Morgan fingerprint density at radius 1 is 0.933 bits per heavy atom. The zero-order valence-corrected chi connectivity index (χ0v) is 8.44. The van der Waals surface area contributed by atoms with E-state index in [1.807, 2.05) is 48.8 Å². The van der Waals surface area contributed by atoms with Gasteiger partial charge in [-0.25, -0.2) is 0 Å². The van der Waals surface area contributed by atoms with Gasteiger partial charge in [-0.05, 0) is 24.1 Å². The first-order valence-electron chi connectivity index (χ1n) is 5.07. The summed E-state index contributed by atoms with van der Waals surface area (Å²) in [6.07, 6.45) is 5.40. The van der Waals surface area contributed by atoms with Gasteiger partial charge in [0.1, 0.15) is 0 Å². The molecule has 0 saturated carbocycles. The van der Waals surface area contributed by atoms with Crippen LogP contribution in [-0.4, -0.2) is 10.8 Å². The standard InChI is InChI=1S/C9H8O.C4H5N/c10-9-6-5-7-3-1-2-4-8(7)9;1-2-4-5-3-1/h1-4H,5-6H2;1-5H. The van der Waals surface area contributed by atoms with Crippen LogP contribution < -0.4 is 0 Å². The number of fused-ring (bicyclic) bond motifs is 1. The Hall–Kier alpha value is -1.83. The number of ketones is 1. The van der Waals surface area contributed by atoms with E-state index in [-0.39, 0.29) is 0 Å². The minimum atomic E-state index is 0.301. The first-order chi connectivity index (χ1) is 7.38. The number of H-pyrrole nitrogens is 1. The smallest absolute Gasteiger partial charge is 0.163 e. The number of aryl methyl sites for hydroxylation is 1. The molecule has 0 atom stereocenters. The maximum Gasteiger partial charge on any atom is 0.163 e. The molecule has 0 amide bonds. The van der Waals surface area contributed by atoms with Gasteiger partial charge >= 0.3 is 0 Å². The van der Waals surface area contributed by atoms with E-state index in [9.17, 15) is 4.79 Å². The Kier molecular flexibility index (Phi) is 2.98. The molecular formula is C13H13NO. The van der Waals surface area contributed by atoms with Gasteiger partial charge in [0.05, 0.1) is 0 Å². The average Bonchev–Trinajstić information content (AvgIpc) is 2.92. The summed E-state index contributed by atoms with van der Waals surface area (Å²) in [6, 6.07) is 11.7. The summed E-state index contributed by atoms with van der Waals surface area (Å²) in [6.45, 7) is 0. The lowest BCUT2D eigenvalue weighted by Crippen LogP contribution is -1.88. The predicted octanol–water partition coefficient (Wildman–Crippen LogP) is 2.83. The molecule has 2 aromatic rings. The minimum absolute atomic E-state index is 0.301. The molecule has 3 rings (SSSR count). The van der Waals surface area contributed by atoms with Crippen LogP contribution in [0.1, 0.15) is 22.3 Å². The highest BCUT2D eigenvalue weighted by Crippen LogP contribution is 2.20. The maximum atomic E-state index is 11.1. The molecule has 76 valence electrons. The fourth-order valence-corrected chi connectivity index (χ4v) is 1.67. The van der Waals surface area contributed by atoms with Gasteiger partial charge in [-0.15, -0.1) is 0 Å².